The van der Waals surface area contributed by atoms with Crippen molar-refractivity contribution in [2.75, 3.05) is 0 Å². The van der Waals surface area contributed by atoms with E-state index in [1.54, 1.807) is 48.5 Å². The molecule has 42 heavy (non-hydrogen) atoms. The number of aromatic nitrogens is 2. The highest BCUT2D eigenvalue weighted by atomic mass is 16.6. The zero-order valence-electron chi connectivity index (χ0n) is 25.9. The van der Waals surface area contributed by atoms with Gasteiger partial charge >= 0.3 is 12.1 Å². The third-order valence-electron chi connectivity index (χ3n) is 5.77. The third-order valence-corrected chi connectivity index (χ3v) is 5.77. The van der Waals surface area contributed by atoms with Crippen LogP contribution in [0, 0.1) is 6.92 Å². The predicted molar refractivity (Wildman–Crippen MR) is 165 cm³/mol. The second kappa shape index (κ2) is 14.0. The van der Waals surface area contributed by atoms with E-state index < -0.39 is 29.3 Å². The summed E-state index contributed by atoms with van der Waals surface area (Å²) in [6, 6.07) is 24.2. The monoisotopic (exact) mass is 573 g/mol. The molecule has 1 amide bonds. The molecular weight excluding hydrogens is 530 g/mol. The average Bonchev–Trinajstić information content (AvgIpc) is 3.28. The fourth-order valence-electron chi connectivity index (χ4n) is 3.91. The number of amides is 1. The number of carbonyl (C=O) groups is 2. The number of nitrogens with zero attached hydrogens (tertiary/aromatic N) is 2. The summed E-state index contributed by atoms with van der Waals surface area (Å²) in [7, 11) is 0. The van der Waals surface area contributed by atoms with E-state index in [-0.39, 0.29) is 0 Å². The molecule has 0 bridgehead atoms. The molecule has 0 aliphatic rings. The fourth-order valence-corrected chi connectivity index (χ4v) is 3.91. The molecule has 4 rings (SSSR count). The molecule has 0 spiro atoms. The molecular formula is C34H43N3O5. The largest absolute Gasteiger partial charge is 0.489 e. The maximum atomic E-state index is 11.6. The maximum absolute atomic E-state index is 11.6. The molecule has 1 N–H and O–H groups in total. The number of nitrogens with one attached hydrogen (secondary N) is 1. The molecule has 1 heterocycles. The zero-order chi connectivity index (χ0) is 30.9. The number of hydrogen-bond acceptors (Lipinski definition) is 6. The lowest BCUT2D eigenvalue weighted by molar-refractivity contribution is -0.156. The van der Waals surface area contributed by atoms with Crippen molar-refractivity contribution in [3.8, 4) is 5.75 Å². The lowest BCUT2D eigenvalue weighted by Gasteiger charge is -2.24. The van der Waals surface area contributed by atoms with E-state index in [2.05, 4.69) is 71.9 Å². The van der Waals surface area contributed by atoms with Crippen LogP contribution in [0.1, 0.15) is 65.2 Å². The van der Waals surface area contributed by atoms with Gasteiger partial charge in [0.15, 0.2) is 0 Å². The lowest BCUT2D eigenvalue weighted by Crippen LogP contribution is -2.44. The van der Waals surface area contributed by atoms with E-state index in [1.165, 1.54) is 11.1 Å². The van der Waals surface area contributed by atoms with Crippen molar-refractivity contribution in [1.82, 2.24) is 15.1 Å². The van der Waals surface area contributed by atoms with Gasteiger partial charge in [-0.3, -0.25) is 4.68 Å². The highest BCUT2D eigenvalue weighted by Crippen LogP contribution is 2.20. The first-order valence-corrected chi connectivity index (χ1v) is 14.1. The summed E-state index contributed by atoms with van der Waals surface area (Å²) in [6.45, 7) is 15.5. The van der Waals surface area contributed by atoms with Crippen LogP contribution in [0.25, 0.3) is 10.9 Å². The molecule has 0 radical (unpaired) electrons. The van der Waals surface area contributed by atoms with E-state index in [4.69, 9.17) is 14.2 Å². The molecule has 0 saturated heterocycles. The van der Waals surface area contributed by atoms with E-state index in [9.17, 15) is 9.59 Å². The molecule has 224 valence electrons. The Kier molecular flexibility index (Phi) is 10.8. The standard InChI is InChI=1S/C22H20N2O.C12H23NO4/c1-17-6-5-9-21(12-17)25-16-19-10-11-22-20(13-19)14-23-24(22)15-18-7-3-2-4-8-18;1-8(9(14)16-11(2,3)4)13-10(15)17-12(5,6)7/h2-14H,15-16H2,1H3;8H,1-7H3,(H,13,15). The number of ether oxygens (including phenoxy) is 3. The summed E-state index contributed by atoms with van der Waals surface area (Å²) in [5, 5.41) is 8.10. The molecule has 0 aliphatic heterocycles. The van der Waals surface area contributed by atoms with Gasteiger partial charge in [0.1, 0.15) is 29.6 Å². The Hall–Kier alpha value is -4.33. The van der Waals surface area contributed by atoms with Gasteiger partial charge in [0.05, 0.1) is 18.3 Å². The second-order valence-corrected chi connectivity index (χ2v) is 12.2. The molecule has 0 fully saturated rings. The molecule has 0 saturated carbocycles. The van der Waals surface area contributed by atoms with Gasteiger partial charge < -0.3 is 19.5 Å². The molecule has 1 atom stereocenters. The SMILES string of the molecule is CC(NC(=O)OC(C)(C)C)C(=O)OC(C)(C)C.Cc1cccc(OCc2ccc3c(cnn3Cc3ccccc3)c2)c1. The van der Waals surface area contributed by atoms with Gasteiger partial charge in [-0.15, -0.1) is 0 Å². The van der Waals surface area contributed by atoms with Gasteiger partial charge in [-0.25, -0.2) is 9.59 Å². The van der Waals surface area contributed by atoms with Crippen LogP contribution in [0.2, 0.25) is 0 Å². The minimum atomic E-state index is -0.732. The quantitative estimate of drug-likeness (QED) is 0.235. The predicted octanol–water partition coefficient (Wildman–Crippen LogP) is 7.21. The van der Waals surface area contributed by atoms with Crippen molar-refractivity contribution < 1.29 is 23.8 Å². The van der Waals surface area contributed by atoms with Crippen LogP contribution >= 0.6 is 0 Å². The van der Waals surface area contributed by atoms with Crippen LogP contribution < -0.4 is 10.1 Å². The van der Waals surface area contributed by atoms with Crippen LogP contribution in [0.5, 0.6) is 5.75 Å². The number of hydrogen-bond donors (Lipinski definition) is 1. The molecule has 8 nitrogen and oxygen atoms in total. The van der Waals surface area contributed by atoms with E-state index in [1.807, 2.05) is 29.1 Å². The molecule has 0 aliphatic carbocycles. The zero-order valence-corrected chi connectivity index (χ0v) is 25.9. The molecule has 3 aromatic carbocycles. The summed E-state index contributed by atoms with van der Waals surface area (Å²) in [6.07, 6.45) is 1.30. The molecule has 4 aromatic rings. The topological polar surface area (TPSA) is 91.7 Å². The first-order valence-electron chi connectivity index (χ1n) is 14.1. The van der Waals surface area contributed by atoms with Crippen LogP contribution in [-0.4, -0.2) is 39.1 Å². The van der Waals surface area contributed by atoms with Crippen LogP contribution in [0.3, 0.4) is 0 Å². The van der Waals surface area contributed by atoms with Gasteiger partial charge in [0.25, 0.3) is 0 Å². The van der Waals surface area contributed by atoms with Gasteiger partial charge in [-0.1, -0.05) is 48.5 Å². The minimum Gasteiger partial charge on any atom is -0.489 e. The normalized spacial score (nSPS) is 12.1. The first kappa shape index (κ1) is 32.2. The Morgan fingerprint density at radius 3 is 2.19 bits per heavy atom. The van der Waals surface area contributed by atoms with Gasteiger partial charge in [-0.2, -0.15) is 5.10 Å². The van der Waals surface area contributed by atoms with Gasteiger partial charge in [-0.05, 0) is 96.3 Å². The average molecular weight is 574 g/mol. The fraction of sp³-hybridized carbons (Fsp3) is 0.382. The maximum Gasteiger partial charge on any atom is 0.408 e. The minimum absolute atomic E-state index is 0.483. The Labute approximate surface area is 249 Å². The highest BCUT2D eigenvalue weighted by molar-refractivity contribution is 5.81. The number of carbonyl (C=O) groups excluding carboxylic acids is 2. The van der Waals surface area contributed by atoms with Gasteiger partial charge in [0.2, 0.25) is 0 Å². The molecule has 8 heteroatoms. The molecule has 1 aromatic heterocycles. The summed E-state index contributed by atoms with van der Waals surface area (Å²) in [4.78, 5) is 23.0. The van der Waals surface area contributed by atoms with Crippen LogP contribution in [0.15, 0.2) is 79.0 Å². The van der Waals surface area contributed by atoms with E-state index in [0.29, 0.717) is 6.61 Å². The van der Waals surface area contributed by atoms with Crippen molar-refractivity contribution in [3.63, 3.8) is 0 Å². The van der Waals surface area contributed by atoms with Gasteiger partial charge in [0, 0.05) is 5.39 Å². The Morgan fingerprint density at radius 2 is 1.55 bits per heavy atom. The number of rotatable bonds is 7. The summed E-state index contributed by atoms with van der Waals surface area (Å²) < 4.78 is 18.1. The number of fused-ring (bicyclic) bond motifs is 1. The Bertz CT molecular complexity index is 1470. The van der Waals surface area contributed by atoms with E-state index in [0.717, 1.165) is 28.8 Å². The number of esters is 1. The highest BCUT2D eigenvalue weighted by Gasteiger charge is 2.25. The molecule has 1 unspecified atom stereocenters. The van der Waals surface area contributed by atoms with Crippen molar-refractivity contribution in [2.45, 2.75) is 85.8 Å². The van der Waals surface area contributed by atoms with E-state index >= 15 is 0 Å². The van der Waals surface area contributed by atoms with Crippen LogP contribution in [-0.2, 0) is 27.4 Å². The Balaban J connectivity index is 0.000000252. The van der Waals surface area contributed by atoms with Crippen LogP contribution in [0.4, 0.5) is 4.79 Å². The summed E-state index contributed by atoms with van der Waals surface area (Å²) >= 11 is 0. The first-order chi connectivity index (χ1) is 19.7. The van der Waals surface area contributed by atoms with Crippen molar-refractivity contribution in [1.29, 1.82) is 0 Å². The summed E-state index contributed by atoms with van der Waals surface area (Å²) in [5.74, 6) is 0.420. The van der Waals surface area contributed by atoms with Crippen molar-refractivity contribution in [2.24, 2.45) is 0 Å². The second-order valence-electron chi connectivity index (χ2n) is 12.2. The van der Waals surface area contributed by atoms with Crippen molar-refractivity contribution >= 4 is 23.0 Å². The number of aryl methyl sites for hydroxylation is 1. The number of alkyl carbamates (subject to hydrolysis) is 1. The third kappa shape index (κ3) is 10.9. The number of benzene rings is 3. The lowest BCUT2D eigenvalue weighted by atomic mass is 10.1. The smallest absolute Gasteiger partial charge is 0.408 e. The Morgan fingerprint density at radius 1 is 0.857 bits per heavy atom. The van der Waals surface area contributed by atoms with Crippen molar-refractivity contribution in [3.05, 3.63) is 95.7 Å². The summed E-state index contributed by atoms with van der Waals surface area (Å²) in [5.41, 5.74) is 3.59.